The van der Waals surface area contributed by atoms with E-state index in [1.165, 1.54) is 12.1 Å². The van der Waals surface area contributed by atoms with Crippen LogP contribution >= 0.6 is 11.6 Å². The zero-order valence-electron chi connectivity index (χ0n) is 11.9. The first-order valence-corrected chi connectivity index (χ1v) is 7.21. The number of carboxylic acid groups (broad SMARTS) is 1. The lowest BCUT2D eigenvalue weighted by Crippen LogP contribution is -2.22. The third-order valence-corrected chi connectivity index (χ3v) is 3.52. The molecule has 0 N–H and O–H groups in total. The minimum atomic E-state index is -1.32. The Morgan fingerprint density at radius 2 is 1.87 bits per heavy atom. The lowest BCUT2D eigenvalue weighted by atomic mass is 10.1. The highest BCUT2D eigenvalue weighted by Gasteiger charge is 2.08. The van der Waals surface area contributed by atoms with Gasteiger partial charge < -0.3 is 14.3 Å². The molecule has 0 radical (unpaired) electrons. The molecular weight excluding hydrogens is 314 g/mol. The van der Waals surface area contributed by atoms with Crippen molar-refractivity contribution in [3.05, 3.63) is 77.0 Å². The summed E-state index contributed by atoms with van der Waals surface area (Å²) in [7, 11) is 0. The van der Waals surface area contributed by atoms with Gasteiger partial charge in [-0.2, -0.15) is 0 Å². The van der Waals surface area contributed by atoms with Gasteiger partial charge in [0.25, 0.3) is 0 Å². The van der Waals surface area contributed by atoms with Gasteiger partial charge in [-0.1, -0.05) is 29.8 Å². The van der Waals surface area contributed by atoms with Crippen LogP contribution in [0.4, 0.5) is 5.69 Å². The molecule has 0 aliphatic heterocycles. The Hall–Kier alpha value is -2.85. The quantitative estimate of drug-likeness (QED) is 0.687. The smallest absolute Gasteiger partial charge is 0.145 e. The van der Waals surface area contributed by atoms with Crippen LogP contribution in [0.2, 0.25) is 5.02 Å². The SMILES string of the molecule is O=C([O-])c1cc(-c2ccc(C=Nc3ccccc3)o2)ccc1Cl. The van der Waals surface area contributed by atoms with Crippen LogP contribution in [0.15, 0.2) is 70.1 Å². The number of para-hydroxylation sites is 1. The van der Waals surface area contributed by atoms with Crippen molar-refractivity contribution < 1.29 is 14.3 Å². The summed E-state index contributed by atoms with van der Waals surface area (Å²) >= 11 is 5.83. The number of carbonyl (C=O) groups is 1. The van der Waals surface area contributed by atoms with E-state index in [4.69, 9.17) is 16.0 Å². The number of aliphatic imine (C=N–C) groups is 1. The van der Waals surface area contributed by atoms with Gasteiger partial charge in [0.05, 0.1) is 17.9 Å². The van der Waals surface area contributed by atoms with Crippen LogP contribution in [0.1, 0.15) is 16.1 Å². The van der Waals surface area contributed by atoms with Crippen molar-refractivity contribution in [2.75, 3.05) is 0 Å². The fourth-order valence-corrected chi connectivity index (χ4v) is 2.26. The molecule has 3 aromatic rings. The van der Waals surface area contributed by atoms with E-state index in [0.717, 1.165) is 5.69 Å². The zero-order valence-corrected chi connectivity index (χ0v) is 12.7. The molecule has 114 valence electrons. The van der Waals surface area contributed by atoms with Crippen molar-refractivity contribution in [3.63, 3.8) is 0 Å². The van der Waals surface area contributed by atoms with E-state index >= 15 is 0 Å². The average Bonchev–Trinajstić information content (AvgIpc) is 3.03. The Labute approximate surface area is 137 Å². The standard InChI is InChI=1S/C18H12ClNO3/c19-16-8-6-12(10-15(16)18(21)22)17-9-7-14(23-17)11-20-13-4-2-1-3-5-13/h1-11H,(H,21,22)/p-1. The molecule has 5 heteroatoms. The Kier molecular flexibility index (Phi) is 4.26. The minimum absolute atomic E-state index is 0.0694. The highest BCUT2D eigenvalue weighted by molar-refractivity contribution is 6.33. The third kappa shape index (κ3) is 3.49. The maximum absolute atomic E-state index is 11.0. The summed E-state index contributed by atoms with van der Waals surface area (Å²) < 4.78 is 5.66. The Morgan fingerprint density at radius 1 is 1.09 bits per heavy atom. The molecule has 1 aromatic heterocycles. The van der Waals surface area contributed by atoms with E-state index in [-0.39, 0.29) is 10.6 Å². The van der Waals surface area contributed by atoms with Gasteiger partial charge in [0.15, 0.2) is 0 Å². The number of rotatable bonds is 4. The van der Waals surface area contributed by atoms with Gasteiger partial charge in [-0.25, -0.2) is 0 Å². The van der Waals surface area contributed by atoms with E-state index in [9.17, 15) is 9.90 Å². The molecule has 2 aromatic carbocycles. The highest BCUT2D eigenvalue weighted by Crippen LogP contribution is 2.26. The summed E-state index contributed by atoms with van der Waals surface area (Å²) in [4.78, 5) is 15.3. The van der Waals surface area contributed by atoms with Crippen LogP contribution in [-0.2, 0) is 0 Å². The number of hydrogen-bond donors (Lipinski definition) is 0. The zero-order chi connectivity index (χ0) is 16.2. The molecular formula is C18H11ClNO3-. The summed E-state index contributed by atoms with van der Waals surface area (Å²) in [6, 6.07) is 17.6. The van der Waals surface area contributed by atoms with E-state index in [1.807, 2.05) is 30.3 Å². The average molecular weight is 325 g/mol. The Balaban J connectivity index is 1.86. The first-order chi connectivity index (χ1) is 11.1. The second-order valence-electron chi connectivity index (χ2n) is 4.78. The molecule has 4 nitrogen and oxygen atoms in total. The van der Waals surface area contributed by atoms with E-state index in [1.54, 1.807) is 24.4 Å². The number of hydrogen-bond acceptors (Lipinski definition) is 4. The summed E-state index contributed by atoms with van der Waals surface area (Å²) in [5.74, 6) is -0.234. The normalized spacial score (nSPS) is 11.0. The van der Waals surface area contributed by atoms with Gasteiger partial charge >= 0.3 is 0 Å². The molecule has 0 aliphatic rings. The van der Waals surface area contributed by atoms with Crippen molar-refractivity contribution in [2.24, 2.45) is 4.99 Å². The van der Waals surface area contributed by atoms with Gasteiger partial charge in [-0.05, 0) is 42.5 Å². The second kappa shape index (κ2) is 6.50. The van der Waals surface area contributed by atoms with Crippen molar-refractivity contribution in [1.82, 2.24) is 0 Å². The molecule has 0 spiro atoms. The first-order valence-electron chi connectivity index (χ1n) is 6.84. The fraction of sp³-hybridized carbons (Fsp3) is 0. The van der Waals surface area contributed by atoms with Crippen molar-refractivity contribution >= 4 is 29.5 Å². The lowest BCUT2D eigenvalue weighted by Gasteiger charge is -2.06. The number of benzene rings is 2. The molecule has 0 saturated carbocycles. The van der Waals surface area contributed by atoms with Crippen molar-refractivity contribution in [1.29, 1.82) is 0 Å². The second-order valence-corrected chi connectivity index (χ2v) is 5.19. The van der Waals surface area contributed by atoms with Gasteiger partial charge in [0.2, 0.25) is 0 Å². The van der Waals surface area contributed by atoms with Gasteiger partial charge in [0.1, 0.15) is 11.5 Å². The molecule has 0 amide bonds. The van der Waals surface area contributed by atoms with Crippen LogP contribution < -0.4 is 5.11 Å². The number of aromatic carboxylic acids is 1. The topological polar surface area (TPSA) is 65.6 Å². The molecule has 0 unspecified atom stereocenters. The van der Waals surface area contributed by atoms with E-state index in [2.05, 4.69) is 4.99 Å². The summed E-state index contributed by atoms with van der Waals surface area (Å²) in [6.45, 7) is 0. The van der Waals surface area contributed by atoms with Crippen LogP contribution in [0, 0.1) is 0 Å². The summed E-state index contributed by atoms with van der Waals surface area (Å²) in [5.41, 5.74) is 1.35. The molecule has 23 heavy (non-hydrogen) atoms. The minimum Gasteiger partial charge on any atom is -0.545 e. The van der Waals surface area contributed by atoms with Gasteiger partial charge in [-0.3, -0.25) is 4.99 Å². The number of carboxylic acids is 1. The molecule has 0 saturated heterocycles. The lowest BCUT2D eigenvalue weighted by molar-refractivity contribution is -0.255. The number of halogens is 1. The summed E-state index contributed by atoms with van der Waals surface area (Å²) in [5, 5.41) is 11.2. The van der Waals surface area contributed by atoms with Crippen molar-refractivity contribution in [3.8, 4) is 11.3 Å². The first kappa shape index (κ1) is 15.1. The monoisotopic (exact) mass is 324 g/mol. The van der Waals surface area contributed by atoms with Crippen LogP contribution in [-0.4, -0.2) is 12.2 Å². The maximum Gasteiger partial charge on any atom is 0.145 e. The predicted molar refractivity (Wildman–Crippen MR) is 87.2 cm³/mol. The Bertz CT molecular complexity index is 869. The molecule has 0 bridgehead atoms. The van der Waals surface area contributed by atoms with Crippen LogP contribution in [0.5, 0.6) is 0 Å². The maximum atomic E-state index is 11.0. The van der Waals surface area contributed by atoms with Crippen LogP contribution in [0.25, 0.3) is 11.3 Å². The number of furan rings is 1. The van der Waals surface area contributed by atoms with E-state index < -0.39 is 5.97 Å². The molecule has 0 atom stereocenters. The van der Waals surface area contributed by atoms with E-state index in [0.29, 0.717) is 17.1 Å². The third-order valence-electron chi connectivity index (χ3n) is 3.19. The largest absolute Gasteiger partial charge is 0.545 e. The molecule has 0 aliphatic carbocycles. The number of nitrogens with zero attached hydrogens (tertiary/aromatic N) is 1. The summed E-state index contributed by atoms with van der Waals surface area (Å²) in [6.07, 6.45) is 1.61. The number of carbonyl (C=O) groups excluding carboxylic acids is 1. The van der Waals surface area contributed by atoms with Crippen molar-refractivity contribution in [2.45, 2.75) is 0 Å². The highest BCUT2D eigenvalue weighted by atomic mass is 35.5. The molecule has 1 heterocycles. The predicted octanol–water partition coefficient (Wildman–Crippen LogP) is 3.71. The fourth-order valence-electron chi connectivity index (χ4n) is 2.06. The molecule has 3 rings (SSSR count). The van der Waals surface area contributed by atoms with Gasteiger partial charge in [-0.15, -0.1) is 0 Å². The van der Waals surface area contributed by atoms with Gasteiger partial charge in [0, 0.05) is 16.1 Å². The Morgan fingerprint density at radius 3 is 2.61 bits per heavy atom. The van der Waals surface area contributed by atoms with Crippen LogP contribution in [0.3, 0.4) is 0 Å². The molecule has 0 fully saturated rings.